The Morgan fingerprint density at radius 2 is 2.07 bits per heavy atom. The maximum atomic E-state index is 11.5. The largest absolute Gasteiger partial charge is 0.455 e. The average molecular weight is 198 g/mol. The molecule has 1 aromatic heterocycles. The number of nitrogen functional groups attached to an aromatic ring is 1. The van der Waals surface area contributed by atoms with Gasteiger partial charge in [0.05, 0.1) is 0 Å². The van der Waals surface area contributed by atoms with Gasteiger partial charge < -0.3 is 14.9 Å². The summed E-state index contributed by atoms with van der Waals surface area (Å²) in [6.45, 7) is 6.96. The maximum absolute atomic E-state index is 11.5. The molecule has 78 valence electrons. The van der Waals surface area contributed by atoms with Crippen LogP contribution in [-0.4, -0.2) is 16.6 Å². The molecule has 1 aromatic rings. The van der Waals surface area contributed by atoms with Crippen molar-refractivity contribution in [2.75, 3.05) is 5.73 Å². The number of hydrogen-bond donors (Lipinski definition) is 1. The number of anilines is 1. The van der Waals surface area contributed by atoms with Crippen molar-refractivity contribution >= 4 is 12.0 Å². The van der Waals surface area contributed by atoms with E-state index in [1.54, 1.807) is 27.7 Å². The summed E-state index contributed by atoms with van der Waals surface area (Å²) in [6.07, 6.45) is 0. The molecule has 0 radical (unpaired) electrons. The molecule has 0 bridgehead atoms. The summed E-state index contributed by atoms with van der Waals surface area (Å²) in [5, 5.41) is 0. The van der Waals surface area contributed by atoms with Crippen LogP contribution in [0.15, 0.2) is 4.42 Å². The first-order valence-corrected chi connectivity index (χ1v) is 4.26. The van der Waals surface area contributed by atoms with E-state index in [0.29, 0.717) is 5.76 Å². The zero-order valence-electron chi connectivity index (χ0n) is 8.75. The Morgan fingerprint density at radius 1 is 1.50 bits per heavy atom. The van der Waals surface area contributed by atoms with Crippen molar-refractivity contribution in [3.05, 3.63) is 11.5 Å². The van der Waals surface area contributed by atoms with Crippen LogP contribution in [0.3, 0.4) is 0 Å². The van der Waals surface area contributed by atoms with Crippen molar-refractivity contribution in [3.63, 3.8) is 0 Å². The third-order valence-electron chi connectivity index (χ3n) is 1.41. The fourth-order valence-electron chi connectivity index (χ4n) is 0.933. The Morgan fingerprint density at radius 3 is 2.43 bits per heavy atom. The second kappa shape index (κ2) is 3.32. The molecule has 0 aromatic carbocycles. The summed E-state index contributed by atoms with van der Waals surface area (Å²) >= 11 is 0. The predicted molar refractivity (Wildman–Crippen MR) is 50.8 cm³/mol. The summed E-state index contributed by atoms with van der Waals surface area (Å²) in [6, 6.07) is -0.0247. The van der Waals surface area contributed by atoms with E-state index in [1.165, 1.54) is 0 Å². The van der Waals surface area contributed by atoms with Crippen LogP contribution in [0.5, 0.6) is 0 Å². The highest BCUT2D eigenvalue weighted by Crippen LogP contribution is 2.16. The molecule has 0 amide bonds. The van der Waals surface area contributed by atoms with E-state index in [0.717, 1.165) is 0 Å². The topological polar surface area (TPSA) is 78.4 Å². The van der Waals surface area contributed by atoms with Crippen LogP contribution in [0.2, 0.25) is 0 Å². The van der Waals surface area contributed by atoms with Gasteiger partial charge in [-0.1, -0.05) is 0 Å². The van der Waals surface area contributed by atoms with Crippen LogP contribution in [0, 0.1) is 6.92 Å². The molecule has 0 unspecified atom stereocenters. The van der Waals surface area contributed by atoms with Crippen LogP contribution in [0.1, 0.15) is 37.0 Å². The van der Waals surface area contributed by atoms with Crippen molar-refractivity contribution in [1.82, 2.24) is 4.98 Å². The molecule has 5 heteroatoms. The van der Waals surface area contributed by atoms with Crippen LogP contribution >= 0.6 is 0 Å². The molecule has 0 fully saturated rings. The number of rotatable bonds is 1. The molecule has 1 heterocycles. The summed E-state index contributed by atoms with van der Waals surface area (Å²) in [4.78, 5) is 15.2. The fraction of sp³-hybridized carbons (Fsp3) is 0.556. The summed E-state index contributed by atoms with van der Waals surface area (Å²) in [7, 11) is 0. The summed E-state index contributed by atoms with van der Waals surface area (Å²) in [5.74, 6) is -0.146. The van der Waals surface area contributed by atoms with Gasteiger partial charge in [0.1, 0.15) is 11.4 Å². The number of nitrogens with two attached hydrogens (primary N) is 1. The average Bonchev–Trinajstić information content (AvgIpc) is 2.26. The van der Waals surface area contributed by atoms with Crippen molar-refractivity contribution in [3.8, 4) is 0 Å². The second-order valence-electron chi connectivity index (χ2n) is 3.96. The normalized spacial score (nSPS) is 11.4. The van der Waals surface area contributed by atoms with Crippen molar-refractivity contribution < 1.29 is 13.9 Å². The van der Waals surface area contributed by atoms with Crippen LogP contribution < -0.4 is 5.73 Å². The predicted octanol–water partition coefficient (Wildman–Crippen LogP) is 1.52. The molecule has 14 heavy (non-hydrogen) atoms. The van der Waals surface area contributed by atoms with Gasteiger partial charge in [0.2, 0.25) is 0 Å². The lowest BCUT2D eigenvalue weighted by Gasteiger charge is -2.18. The van der Waals surface area contributed by atoms with Gasteiger partial charge >= 0.3 is 5.97 Å². The molecule has 0 aliphatic heterocycles. The van der Waals surface area contributed by atoms with E-state index in [9.17, 15) is 4.79 Å². The van der Waals surface area contributed by atoms with Gasteiger partial charge in [-0.15, -0.1) is 0 Å². The summed E-state index contributed by atoms with van der Waals surface area (Å²) in [5.41, 5.74) is 4.89. The molecule has 5 nitrogen and oxygen atoms in total. The monoisotopic (exact) mass is 198 g/mol. The lowest BCUT2D eigenvalue weighted by Crippen LogP contribution is -2.24. The fourth-order valence-corrected chi connectivity index (χ4v) is 0.933. The minimum atomic E-state index is -0.544. The number of aryl methyl sites for hydroxylation is 1. The van der Waals surface area contributed by atoms with Crippen molar-refractivity contribution in [2.24, 2.45) is 0 Å². The highest BCUT2D eigenvalue weighted by atomic mass is 16.6. The van der Waals surface area contributed by atoms with E-state index >= 15 is 0 Å². The van der Waals surface area contributed by atoms with Gasteiger partial charge in [0.25, 0.3) is 6.01 Å². The molecule has 0 aliphatic rings. The van der Waals surface area contributed by atoms with E-state index in [2.05, 4.69) is 4.98 Å². The SMILES string of the molecule is Cc1oc(N)nc1C(=O)OC(C)(C)C. The minimum Gasteiger partial charge on any atom is -0.455 e. The molecular formula is C9H14N2O3. The second-order valence-corrected chi connectivity index (χ2v) is 3.96. The third kappa shape index (κ3) is 2.48. The van der Waals surface area contributed by atoms with Crippen molar-refractivity contribution in [2.45, 2.75) is 33.3 Å². The van der Waals surface area contributed by atoms with Crippen LogP contribution in [-0.2, 0) is 4.74 Å². The smallest absolute Gasteiger partial charge is 0.361 e. The van der Waals surface area contributed by atoms with Crippen molar-refractivity contribution in [1.29, 1.82) is 0 Å². The van der Waals surface area contributed by atoms with E-state index in [1.807, 2.05) is 0 Å². The molecule has 0 atom stereocenters. The number of oxazole rings is 1. The van der Waals surface area contributed by atoms with E-state index in [-0.39, 0.29) is 11.7 Å². The maximum Gasteiger partial charge on any atom is 0.361 e. The summed E-state index contributed by atoms with van der Waals surface area (Å²) < 4.78 is 10.0. The van der Waals surface area contributed by atoms with Gasteiger partial charge in [-0.05, 0) is 27.7 Å². The van der Waals surface area contributed by atoms with Gasteiger partial charge in [0.15, 0.2) is 5.69 Å². The van der Waals surface area contributed by atoms with Crippen LogP contribution in [0.4, 0.5) is 6.01 Å². The third-order valence-corrected chi connectivity index (χ3v) is 1.41. The molecule has 0 saturated carbocycles. The Balaban J connectivity index is 2.85. The van der Waals surface area contributed by atoms with Crippen LogP contribution in [0.25, 0.3) is 0 Å². The van der Waals surface area contributed by atoms with Gasteiger partial charge in [-0.3, -0.25) is 0 Å². The molecule has 0 spiro atoms. The highest BCUT2D eigenvalue weighted by molar-refractivity contribution is 5.88. The van der Waals surface area contributed by atoms with Gasteiger partial charge in [0, 0.05) is 0 Å². The number of ether oxygens (including phenoxy) is 1. The van der Waals surface area contributed by atoms with E-state index < -0.39 is 11.6 Å². The number of nitrogens with zero attached hydrogens (tertiary/aromatic N) is 1. The quantitative estimate of drug-likeness (QED) is 0.692. The molecule has 2 N–H and O–H groups in total. The first-order valence-electron chi connectivity index (χ1n) is 4.26. The van der Waals surface area contributed by atoms with E-state index in [4.69, 9.17) is 14.9 Å². The number of carbonyl (C=O) groups is 1. The number of hydrogen-bond acceptors (Lipinski definition) is 5. The lowest BCUT2D eigenvalue weighted by atomic mass is 10.2. The number of carbonyl (C=O) groups excluding carboxylic acids is 1. The molecule has 0 aliphatic carbocycles. The standard InChI is InChI=1S/C9H14N2O3/c1-5-6(11-8(10)13-5)7(12)14-9(2,3)4/h1-4H3,(H2,10,11). The highest BCUT2D eigenvalue weighted by Gasteiger charge is 2.23. The molecular weight excluding hydrogens is 184 g/mol. The Labute approximate surface area is 82.2 Å². The van der Waals surface area contributed by atoms with Gasteiger partial charge in [-0.25, -0.2) is 4.79 Å². The number of esters is 1. The van der Waals surface area contributed by atoms with Gasteiger partial charge in [-0.2, -0.15) is 4.98 Å². The Bertz CT molecular complexity index is 349. The number of aromatic nitrogens is 1. The first-order chi connectivity index (χ1) is 6.29. The molecule has 1 rings (SSSR count). The zero-order chi connectivity index (χ0) is 10.9. The minimum absolute atomic E-state index is 0.0247. The molecule has 0 saturated heterocycles. The zero-order valence-corrected chi connectivity index (χ0v) is 8.75. The Hall–Kier alpha value is -1.52. The Kier molecular flexibility index (Phi) is 2.51. The first kappa shape index (κ1) is 10.6. The lowest BCUT2D eigenvalue weighted by molar-refractivity contribution is 0.00618.